The third-order valence-electron chi connectivity index (χ3n) is 3.09. The molecule has 1 rings (SSSR count). The highest BCUT2D eigenvalue weighted by atomic mass is 16.6. The Kier molecular flexibility index (Phi) is 5.86. The van der Waals surface area contributed by atoms with Gasteiger partial charge in [0.2, 0.25) is 11.7 Å². The molecule has 0 aromatic heterocycles. The summed E-state index contributed by atoms with van der Waals surface area (Å²) < 4.78 is 5.03. The van der Waals surface area contributed by atoms with Crippen molar-refractivity contribution >= 4 is 11.7 Å². The molecule has 0 spiro atoms. The number of hydrogen-bond donors (Lipinski definition) is 4. The second-order valence-electron chi connectivity index (χ2n) is 5.07. The fourth-order valence-electron chi connectivity index (χ4n) is 1.86. The smallest absolute Gasteiger partial charge is 0.312 e. The van der Waals surface area contributed by atoms with Crippen LogP contribution in [0.2, 0.25) is 0 Å². The van der Waals surface area contributed by atoms with Crippen LogP contribution in [-0.4, -0.2) is 41.9 Å². The summed E-state index contributed by atoms with van der Waals surface area (Å²) in [4.78, 5) is 23.5. The number of amides is 1. The fraction of sp³-hybridized carbons (Fsp3) is 0.833. The van der Waals surface area contributed by atoms with E-state index in [4.69, 9.17) is 16.2 Å². The Morgan fingerprint density at radius 3 is 2.89 bits per heavy atom. The molecule has 1 aliphatic rings. The van der Waals surface area contributed by atoms with E-state index < -0.39 is 23.6 Å². The highest BCUT2D eigenvalue weighted by Crippen LogP contribution is 2.20. The zero-order valence-electron chi connectivity index (χ0n) is 11.2. The van der Waals surface area contributed by atoms with Crippen molar-refractivity contribution in [1.82, 2.24) is 5.32 Å². The molecule has 1 heterocycles. The van der Waals surface area contributed by atoms with Crippen LogP contribution < -0.4 is 16.8 Å². The molecule has 0 bridgehead atoms. The molecule has 1 amide bonds. The predicted octanol–water partition coefficient (Wildman–Crippen LogP) is -1.17. The molecule has 110 valence electrons. The third-order valence-corrected chi connectivity index (χ3v) is 3.09. The maximum absolute atomic E-state index is 11.8. The molecule has 0 aromatic rings. The van der Waals surface area contributed by atoms with Gasteiger partial charge in [-0.05, 0) is 25.3 Å². The van der Waals surface area contributed by atoms with Gasteiger partial charge in [-0.2, -0.15) is 0 Å². The molecule has 1 saturated heterocycles. The van der Waals surface area contributed by atoms with E-state index in [0.717, 1.165) is 12.8 Å². The van der Waals surface area contributed by atoms with E-state index in [1.807, 2.05) is 6.92 Å². The summed E-state index contributed by atoms with van der Waals surface area (Å²) in [7, 11) is 0. The number of ketones is 1. The van der Waals surface area contributed by atoms with E-state index in [1.165, 1.54) is 0 Å². The van der Waals surface area contributed by atoms with Crippen molar-refractivity contribution in [3.63, 3.8) is 0 Å². The average molecular weight is 273 g/mol. The number of carbonyl (C=O) groups excluding carboxylic acids is 2. The van der Waals surface area contributed by atoms with Crippen LogP contribution >= 0.6 is 0 Å². The molecule has 0 radical (unpaired) electrons. The number of ether oxygens (including phenoxy) is 1. The van der Waals surface area contributed by atoms with Crippen molar-refractivity contribution in [3.05, 3.63) is 0 Å². The SMILES string of the molecule is CC1COC(O)(NC(=O)[C@@H](N)CCCCN)C(=O)C1. The summed E-state index contributed by atoms with van der Waals surface area (Å²) in [5.74, 6) is -3.34. The molecule has 7 heteroatoms. The number of carbonyl (C=O) groups is 2. The summed E-state index contributed by atoms with van der Waals surface area (Å²) in [6.45, 7) is 2.58. The summed E-state index contributed by atoms with van der Waals surface area (Å²) in [5, 5.41) is 12.2. The molecule has 6 N–H and O–H groups in total. The molecule has 3 atom stereocenters. The maximum atomic E-state index is 11.8. The normalized spacial score (nSPS) is 29.1. The lowest BCUT2D eigenvalue weighted by molar-refractivity contribution is -0.235. The first-order valence-corrected chi connectivity index (χ1v) is 6.56. The molecule has 2 unspecified atom stereocenters. The number of nitrogens with one attached hydrogen (secondary N) is 1. The molecule has 7 nitrogen and oxygen atoms in total. The molecule has 1 fully saturated rings. The zero-order valence-corrected chi connectivity index (χ0v) is 11.2. The van der Waals surface area contributed by atoms with Crippen molar-refractivity contribution in [2.75, 3.05) is 13.2 Å². The van der Waals surface area contributed by atoms with Gasteiger partial charge in [-0.25, -0.2) is 0 Å². The Morgan fingerprint density at radius 2 is 2.32 bits per heavy atom. The molecule has 0 saturated carbocycles. The number of hydrogen-bond acceptors (Lipinski definition) is 6. The van der Waals surface area contributed by atoms with E-state index in [0.29, 0.717) is 13.0 Å². The Hall–Kier alpha value is -1.02. The minimum atomic E-state index is -2.23. The van der Waals surface area contributed by atoms with E-state index in [2.05, 4.69) is 5.32 Å². The van der Waals surface area contributed by atoms with E-state index in [-0.39, 0.29) is 18.9 Å². The molecule has 19 heavy (non-hydrogen) atoms. The zero-order chi connectivity index (χ0) is 14.5. The van der Waals surface area contributed by atoms with Crippen LogP contribution in [0.3, 0.4) is 0 Å². The van der Waals surface area contributed by atoms with Crippen molar-refractivity contribution in [2.45, 2.75) is 44.6 Å². The monoisotopic (exact) mass is 273 g/mol. The van der Waals surface area contributed by atoms with Crippen LogP contribution in [0.15, 0.2) is 0 Å². The lowest BCUT2D eigenvalue weighted by atomic mass is 10.00. The number of Topliss-reactive ketones (excluding diaryl/α,β-unsaturated/α-hetero) is 1. The lowest BCUT2D eigenvalue weighted by Gasteiger charge is -2.34. The van der Waals surface area contributed by atoms with Gasteiger partial charge in [0.1, 0.15) is 0 Å². The standard InChI is InChI=1S/C12H23N3O4/c1-8-6-10(16)12(18,19-7-8)15-11(17)9(14)4-2-3-5-13/h8-9,18H,2-7,13-14H2,1H3,(H,15,17)/t8?,9-,12?/m0/s1. The largest absolute Gasteiger partial charge is 0.343 e. The lowest BCUT2D eigenvalue weighted by Crippen LogP contribution is -2.62. The first-order chi connectivity index (χ1) is 8.89. The minimum absolute atomic E-state index is 0.0305. The first kappa shape index (κ1) is 16.0. The maximum Gasteiger partial charge on any atom is 0.312 e. The van der Waals surface area contributed by atoms with Crippen LogP contribution in [0.4, 0.5) is 0 Å². The van der Waals surface area contributed by atoms with Gasteiger partial charge in [0.15, 0.2) is 0 Å². The van der Waals surface area contributed by atoms with Gasteiger partial charge in [-0.1, -0.05) is 13.3 Å². The highest BCUT2D eigenvalue weighted by Gasteiger charge is 2.43. The van der Waals surface area contributed by atoms with Crippen molar-refractivity contribution in [2.24, 2.45) is 17.4 Å². The van der Waals surface area contributed by atoms with E-state index >= 15 is 0 Å². The van der Waals surface area contributed by atoms with Gasteiger partial charge in [0, 0.05) is 6.42 Å². The Labute approximate surface area is 112 Å². The fourth-order valence-corrected chi connectivity index (χ4v) is 1.86. The van der Waals surface area contributed by atoms with E-state index in [9.17, 15) is 14.7 Å². The molecule has 1 aliphatic heterocycles. The van der Waals surface area contributed by atoms with Crippen molar-refractivity contribution < 1.29 is 19.4 Å². The highest BCUT2D eigenvalue weighted by molar-refractivity contribution is 5.92. The van der Waals surface area contributed by atoms with Crippen LogP contribution in [0.25, 0.3) is 0 Å². The topological polar surface area (TPSA) is 128 Å². The number of aliphatic hydroxyl groups is 1. The van der Waals surface area contributed by atoms with Gasteiger partial charge >= 0.3 is 5.91 Å². The Bertz CT molecular complexity index is 337. The molecule has 0 aliphatic carbocycles. The quantitative estimate of drug-likeness (QED) is 0.357. The van der Waals surface area contributed by atoms with Gasteiger partial charge in [0.25, 0.3) is 0 Å². The van der Waals surface area contributed by atoms with Crippen molar-refractivity contribution in [3.8, 4) is 0 Å². The van der Waals surface area contributed by atoms with Crippen molar-refractivity contribution in [1.29, 1.82) is 0 Å². The first-order valence-electron chi connectivity index (χ1n) is 6.56. The summed E-state index contributed by atoms with van der Waals surface area (Å²) in [6, 6.07) is -0.786. The van der Waals surface area contributed by atoms with E-state index in [1.54, 1.807) is 0 Å². The minimum Gasteiger partial charge on any atom is -0.343 e. The van der Waals surface area contributed by atoms with Crippen LogP contribution in [-0.2, 0) is 14.3 Å². The summed E-state index contributed by atoms with van der Waals surface area (Å²) in [6.07, 6.45) is 2.11. The van der Waals surface area contributed by atoms with Crippen LogP contribution in [0, 0.1) is 5.92 Å². The second kappa shape index (κ2) is 6.95. The second-order valence-corrected chi connectivity index (χ2v) is 5.07. The summed E-state index contributed by atoms with van der Waals surface area (Å²) >= 11 is 0. The predicted molar refractivity (Wildman–Crippen MR) is 68.7 cm³/mol. The summed E-state index contributed by atoms with van der Waals surface area (Å²) in [5.41, 5.74) is 11.0. The Morgan fingerprint density at radius 1 is 1.63 bits per heavy atom. The van der Waals surface area contributed by atoms with Gasteiger partial charge in [0.05, 0.1) is 12.6 Å². The van der Waals surface area contributed by atoms with Gasteiger partial charge in [-0.3, -0.25) is 14.9 Å². The number of nitrogens with two attached hydrogens (primary N) is 2. The molecular weight excluding hydrogens is 250 g/mol. The van der Waals surface area contributed by atoms with Crippen LogP contribution in [0.1, 0.15) is 32.6 Å². The Balaban J connectivity index is 2.48. The third kappa shape index (κ3) is 4.54. The number of unbranched alkanes of at least 4 members (excludes halogenated alkanes) is 1. The van der Waals surface area contributed by atoms with Gasteiger partial charge in [-0.15, -0.1) is 0 Å². The molecule has 0 aromatic carbocycles. The number of rotatable bonds is 6. The van der Waals surface area contributed by atoms with Gasteiger partial charge < -0.3 is 21.3 Å². The molecular formula is C12H23N3O4. The average Bonchev–Trinajstić information content (AvgIpc) is 2.35. The van der Waals surface area contributed by atoms with Crippen LogP contribution in [0.5, 0.6) is 0 Å².